The van der Waals surface area contributed by atoms with Gasteiger partial charge in [-0.25, -0.2) is 13.1 Å². The first-order chi connectivity index (χ1) is 8.61. The zero-order valence-corrected chi connectivity index (χ0v) is 10.8. The van der Waals surface area contributed by atoms with Gasteiger partial charge in [-0.15, -0.1) is 0 Å². The van der Waals surface area contributed by atoms with Crippen LogP contribution >= 0.6 is 0 Å². The van der Waals surface area contributed by atoms with Crippen molar-refractivity contribution < 1.29 is 22.6 Å². The van der Waals surface area contributed by atoms with Gasteiger partial charge in [0.1, 0.15) is 12.4 Å². The Hall–Kier alpha value is -1.47. The van der Waals surface area contributed by atoms with Gasteiger partial charge in [0.05, 0.1) is 5.75 Å². The van der Waals surface area contributed by atoms with Gasteiger partial charge >= 0.3 is 0 Å². The Morgan fingerprint density at radius 3 is 2.89 bits per heavy atom. The van der Waals surface area contributed by atoms with Crippen molar-refractivity contribution in [2.45, 2.75) is 6.92 Å². The summed E-state index contributed by atoms with van der Waals surface area (Å²) in [6.07, 6.45) is 0. The van der Waals surface area contributed by atoms with Gasteiger partial charge in [0.25, 0.3) is 0 Å². The fourth-order valence-corrected chi connectivity index (χ4v) is 2.03. The Morgan fingerprint density at radius 1 is 1.33 bits per heavy atom. The molecule has 1 heterocycles. The summed E-state index contributed by atoms with van der Waals surface area (Å²) in [5.74, 6) is 2.02. The minimum Gasteiger partial charge on any atom is -0.492 e. The molecule has 1 aliphatic rings. The number of benzene rings is 1. The van der Waals surface area contributed by atoms with Crippen molar-refractivity contribution in [3.05, 3.63) is 18.2 Å². The lowest BCUT2D eigenvalue weighted by atomic mass is 10.3. The van der Waals surface area contributed by atoms with Gasteiger partial charge in [0.15, 0.2) is 11.5 Å². The highest BCUT2D eigenvalue weighted by Crippen LogP contribution is 2.34. The summed E-state index contributed by atoms with van der Waals surface area (Å²) in [5, 5.41) is 0. The van der Waals surface area contributed by atoms with Crippen LogP contribution in [0.25, 0.3) is 0 Å². The molecular formula is C11H15NO5S. The maximum Gasteiger partial charge on any atom is 0.231 e. The summed E-state index contributed by atoms with van der Waals surface area (Å²) < 4.78 is 40.5. The van der Waals surface area contributed by atoms with Crippen LogP contribution in [0.5, 0.6) is 17.2 Å². The smallest absolute Gasteiger partial charge is 0.231 e. The van der Waals surface area contributed by atoms with Gasteiger partial charge in [-0.05, 0) is 19.1 Å². The molecule has 0 aliphatic carbocycles. The van der Waals surface area contributed by atoms with Gasteiger partial charge in [-0.1, -0.05) is 0 Å². The summed E-state index contributed by atoms with van der Waals surface area (Å²) >= 11 is 0. The lowest BCUT2D eigenvalue weighted by molar-refractivity contribution is 0.173. The first-order valence-corrected chi connectivity index (χ1v) is 7.26. The second-order valence-corrected chi connectivity index (χ2v) is 5.76. The minimum absolute atomic E-state index is 0.0665. The second kappa shape index (κ2) is 5.45. The van der Waals surface area contributed by atoms with Crippen molar-refractivity contribution in [2.24, 2.45) is 0 Å². The van der Waals surface area contributed by atoms with Crippen LogP contribution in [-0.2, 0) is 10.0 Å². The summed E-state index contributed by atoms with van der Waals surface area (Å²) in [6.45, 7) is 2.31. The Labute approximate surface area is 106 Å². The Kier molecular flexibility index (Phi) is 3.93. The lowest BCUT2D eigenvalue weighted by Gasteiger charge is -2.07. The molecule has 7 heteroatoms. The number of ether oxygens (including phenoxy) is 3. The molecule has 0 radical (unpaired) electrons. The molecule has 1 N–H and O–H groups in total. The van der Waals surface area contributed by atoms with E-state index in [1.165, 1.54) is 0 Å². The molecule has 2 rings (SSSR count). The average molecular weight is 273 g/mol. The molecule has 0 saturated heterocycles. The lowest BCUT2D eigenvalue weighted by Crippen LogP contribution is -2.29. The van der Waals surface area contributed by atoms with E-state index < -0.39 is 10.0 Å². The Balaban J connectivity index is 1.81. The third-order valence-electron chi connectivity index (χ3n) is 2.42. The van der Waals surface area contributed by atoms with Crippen LogP contribution in [0.15, 0.2) is 18.2 Å². The number of hydrogen-bond acceptors (Lipinski definition) is 5. The normalized spacial score (nSPS) is 13.6. The van der Waals surface area contributed by atoms with Crippen molar-refractivity contribution in [1.29, 1.82) is 0 Å². The third-order valence-corrected chi connectivity index (χ3v) is 3.82. The Bertz CT molecular complexity index is 514. The standard InChI is InChI=1S/C11H15NO5S/c1-2-18(13,14)12-5-6-15-9-3-4-10-11(7-9)17-8-16-10/h3-4,7,12H,2,5-6,8H2,1H3. The van der Waals surface area contributed by atoms with E-state index in [0.717, 1.165) is 0 Å². The van der Waals surface area contributed by atoms with Gasteiger partial charge in [0.2, 0.25) is 16.8 Å². The molecule has 0 unspecified atom stereocenters. The number of hydrogen-bond donors (Lipinski definition) is 1. The largest absolute Gasteiger partial charge is 0.492 e. The summed E-state index contributed by atoms with van der Waals surface area (Å²) in [6, 6.07) is 5.23. The summed E-state index contributed by atoms with van der Waals surface area (Å²) in [4.78, 5) is 0. The molecule has 1 aromatic carbocycles. The van der Waals surface area contributed by atoms with E-state index in [2.05, 4.69) is 4.72 Å². The maximum absolute atomic E-state index is 11.2. The van der Waals surface area contributed by atoms with E-state index in [1.54, 1.807) is 25.1 Å². The van der Waals surface area contributed by atoms with E-state index in [1.807, 2.05) is 0 Å². The number of sulfonamides is 1. The molecule has 18 heavy (non-hydrogen) atoms. The summed E-state index contributed by atoms with van der Waals surface area (Å²) in [5.41, 5.74) is 0. The van der Waals surface area contributed by atoms with Crippen LogP contribution in [0, 0.1) is 0 Å². The molecule has 0 bridgehead atoms. The summed E-state index contributed by atoms with van der Waals surface area (Å²) in [7, 11) is -3.16. The topological polar surface area (TPSA) is 73.9 Å². The van der Waals surface area contributed by atoms with Crippen LogP contribution in [0.3, 0.4) is 0 Å². The van der Waals surface area contributed by atoms with Crippen LogP contribution in [0.4, 0.5) is 0 Å². The molecule has 0 saturated carbocycles. The van der Waals surface area contributed by atoms with Crippen molar-refractivity contribution in [2.75, 3.05) is 25.7 Å². The van der Waals surface area contributed by atoms with E-state index in [9.17, 15) is 8.42 Å². The fraction of sp³-hybridized carbons (Fsp3) is 0.455. The van der Waals surface area contributed by atoms with Crippen LogP contribution in [0.1, 0.15) is 6.92 Å². The van der Waals surface area contributed by atoms with Gasteiger partial charge in [-0.2, -0.15) is 0 Å². The highest BCUT2D eigenvalue weighted by atomic mass is 32.2. The number of rotatable bonds is 6. The fourth-order valence-electron chi connectivity index (χ4n) is 1.43. The van der Waals surface area contributed by atoms with Gasteiger partial charge in [-0.3, -0.25) is 0 Å². The molecule has 1 aromatic rings. The average Bonchev–Trinajstić information content (AvgIpc) is 2.82. The van der Waals surface area contributed by atoms with Crippen LogP contribution < -0.4 is 18.9 Å². The maximum atomic E-state index is 11.2. The van der Waals surface area contributed by atoms with Crippen molar-refractivity contribution in [1.82, 2.24) is 4.72 Å². The highest BCUT2D eigenvalue weighted by molar-refractivity contribution is 7.89. The van der Waals surface area contributed by atoms with Gasteiger partial charge < -0.3 is 14.2 Å². The first-order valence-electron chi connectivity index (χ1n) is 5.60. The molecule has 0 fully saturated rings. The third kappa shape index (κ3) is 3.27. The predicted molar refractivity (Wildman–Crippen MR) is 65.5 cm³/mol. The van der Waals surface area contributed by atoms with Crippen molar-refractivity contribution >= 4 is 10.0 Å². The Morgan fingerprint density at radius 2 is 2.11 bits per heavy atom. The molecular weight excluding hydrogens is 258 g/mol. The van der Waals surface area contributed by atoms with Crippen molar-refractivity contribution in [3.63, 3.8) is 0 Å². The zero-order chi connectivity index (χ0) is 13.0. The van der Waals surface area contributed by atoms with E-state index in [-0.39, 0.29) is 25.7 Å². The zero-order valence-electron chi connectivity index (χ0n) is 10.0. The molecule has 0 atom stereocenters. The molecule has 1 aliphatic heterocycles. The molecule has 0 aromatic heterocycles. The minimum atomic E-state index is -3.16. The molecule has 100 valence electrons. The first kappa shape index (κ1) is 13.0. The van der Waals surface area contributed by atoms with E-state index in [0.29, 0.717) is 17.2 Å². The quantitative estimate of drug-likeness (QED) is 0.774. The number of fused-ring (bicyclic) bond motifs is 1. The van der Waals surface area contributed by atoms with Crippen LogP contribution in [0.2, 0.25) is 0 Å². The number of nitrogens with one attached hydrogen (secondary N) is 1. The van der Waals surface area contributed by atoms with Crippen molar-refractivity contribution in [3.8, 4) is 17.2 Å². The molecule has 0 amide bonds. The van der Waals surface area contributed by atoms with Crippen LogP contribution in [-0.4, -0.2) is 34.1 Å². The predicted octanol–water partition coefficient (Wildman–Crippen LogP) is 0.733. The second-order valence-electron chi connectivity index (χ2n) is 3.66. The van der Waals surface area contributed by atoms with E-state index >= 15 is 0 Å². The van der Waals surface area contributed by atoms with Gasteiger partial charge in [0, 0.05) is 12.6 Å². The van der Waals surface area contributed by atoms with E-state index in [4.69, 9.17) is 14.2 Å². The monoisotopic (exact) mass is 273 g/mol. The highest BCUT2D eigenvalue weighted by Gasteiger charge is 2.13. The molecule has 6 nitrogen and oxygen atoms in total. The SMILES string of the molecule is CCS(=O)(=O)NCCOc1ccc2c(c1)OCO2. The molecule has 0 spiro atoms.